The first-order chi connectivity index (χ1) is 13.0. The van der Waals surface area contributed by atoms with Gasteiger partial charge in [-0.1, -0.05) is 11.8 Å². The Bertz CT molecular complexity index is 854. The van der Waals surface area contributed by atoms with Crippen LogP contribution in [0.3, 0.4) is 0 Å². The zero-order valence-electron chi connectivity index (χ0n) is 15.7. The SMILES string of the molecule is CCn1c(SCC(=O)NC(C)(C#N)C2CC2)nnc1-c1ccc(OC)cc1. The summed E-state index contributed by atoms with van der Waals surface area (Å²) in [7, 11) is 1.63. The Morgan fingerprint density at radius 3 is 2.67 bits per heavy atom. The summed E-state index contributed by atoms with van der Waals surface area (Å²) in [5.74, 6) is 1.83. The Balaban J connectivity index is 1.67. The number of amides is 1. The fourth-order valence-electron chi connectivity index (χ4n) is 2.97. The van der Waals surface area contributed by atoms with E-state index < -0.39 is 5.54 Å². The van der Waals surface area contributed by atoms with E-state index in [1.807, 2.05) is 35.8 Å². The fourth-order valence-corrected chi connectivity index (χ4v) is 3.77. The summed E-state index contributed by atoms with van der Waals surface area (Å²) < 4.78 is 7.16. The number of nitrogens with zero attached hydrogens (tertiary/aromatic N) is 4. The van der Waals surface area contributed by atoms with Crippen LogP contribution in [-0.4, -0.2) is 39.1 Å². The van der Waals surface area contributed by atoms with Crippen molar-refractivity contribution in [2.24, 2.45) is 5.92 Å². The van der Waals surface area contributed by atoms with Gasteiger partial charge in [-0.25, -0.2) is 0 Å². The summed E-state index contributed by atoms with van der Waals surface area (Å²) in [4.78, 5) is 12.3. The van der Waals surface area contributed by atoms with Gasteiger partial charge >= 0.3 is 0 Å². The number of carbonyl (C=O) groups is 1. The van der Waals surface area contributed by atoms with Crippen molar-refractivity contribution in [1.29, 1.82) is 5.26 Å². The maximum Gasteiger partial charge on any atom is 0.231 e. The molecule has 3 rings (SSSR count). The lowest BCUT2D eigenvalue weighted by Gasteiger charge is -2.22. The molecule has 1 N–H and O–H groups in total. The van der Waals surface area contributed by atoms with Crippen LogP contribution in [0.1, 0.15) is 26.7 Å². The van der Waals surface area contributed by atoms with Crippen LogP contribution in [0.15, 0.2) is 29.4 Å². The molecule has 0 aliphatic heterocycles. The molecule has 1 amide bonds. The van der Waals surface area contributed by atoms with Gasteiger partial charge in [-0.2, -0.15) is 5.26 Å². The van der Waals surface area contributed by atoms with Crippen LogP contribution in [0.25, 0.3) is 11.4 Å². The molecule has 1 aliphatic carbocycles. The molecule has 8 heteroatoms. The number of thioether (sulfide) groups is 1. The van der Waals surface area contributed by atoms with Crippen LogP contribution in [0.2, 0.25) is 0 Å². The molecule has 1 saturated carbocycles. The number of methoxy groups -OCH3 is 1. The molecule has 0 spiro atoms. The summed E-state index contributed by atoms with van der Waals surface area (Å²) in [6.45, 7) is 4.50. The highest BCUT2D eigenvalue weighted by Gasteiger charge is 2.42. The normalized spacial score (nSPS) is 15.6. The van der Waals surface area contributed by atoms with Crippen LogP contribution in [0.5, 0.6) is 5.75 Å². The lowest BCUT2D eigenvalue weighted by molar-refractivity contribution is -0.119. The molecular weight excluding hydrogens is 362 g/mol. The maximum atomic E-state index is 12.3. The average molecular weight is 385 g/mol. The van der Waals surface area contributed by atoms with Crippen LogP contribution < -0.4 is 10.1 Å². The van der Waals surface area contributed by atoms with Gasteiger partial charge < -0.3 is 14.6 Å². The molecule has 0 bridgehead atoms. The van der Waals surface area contributed by atoms with Gasteiger partial charge in [0.05, 0.1) is 18.9 Å². The van der Waals surface area contributed by atoms with Crippen LogP contribution >= 0.6 is 11.8 Å². The van der Waals surface area contributed by atoms with Crippen LogP contribution in [0.4, 0.5) is 0 Å². The number of nitrogens with one attached hydrogen (secondary N) is 1. The van der Waals surface area contributed by atoms with Crippen molar-refractivity contribution in [3.63, 3.8) is 0 Å². The zero-order valence-corrected chi connectivity index (χ0v) is 16.5. The van der Waals surface area contributed by atoms with Crippen molar-refractivity contribution < 1.29 is 9.53 Å². The highest BCUT2D eigenvalue weighted by molar-refractivity contribution is 7.99. The molecule has 1 aromatic carbocycles. The molecule has 1 fully saturated rings. The van der Waals surface area contributed by atoms with Crippen molar-refractivity contribution >= 4 is 17.7 Å². The minimum Gasteiger partial charge on any atom is -0.497 e. The Labute approximate surface area is 163 Å². The molecule has 0 radical (unpaired) electrons. The first-order valence-corrected chi connectivity index (χ1v) is 9.92. The molecule has 1 unspecified atom stereocenters. The van der Waals surface area contributed by atoms with Crippen molar-refractivity contribution in [3.05, 3.63) is 24.3 Å². The van der Waals surface area contributed by atoms with Gasteiger partial charge in [0.25, 0.3) is 0 Å². The molecule has 1 aliphatic rings. The van der Waals surface area contributed by atoms with Crippen LogP contribution in [-0.2, 0) is 11.3 Å². The largest absolute Gasteiger partial charge is 0.497 e. The van der Waals surface area contributed by atoms with E-state index in [-0.39, 0.29) is 17.6 Å². The van der Waals surface area contributed by atoms with E-state index in [0.29, 0.717) is 11.7 Å². The van der Waals surface area contributed by atoms with Crippen molar-refractivity contribution in [1.82, 2.24) is 20.1 Å². The molecular formula is C19H23N5O2S. The summed E-state index contributed by atoms with van der Waals surface area (Å²) >= 11 is 1.33. The smallest absolute Gasteiger partial charge is 0.231 e. The summed E-state index contributed by atoms with van der Waals surface area (Å²) in [6.07, 6.45) is 1.99. The van der Waals surface area contributed by atoms with Gasteiger partial charge in [-0.05, 0) is 56.9 Å². The van der Waals surface area contributed by atoms with E-state index in [1.165, 1.54) is 11.8 Å². The Kier molecular flexibility index (Phi) is 5.71. The molecule has 2 aromatic rings. The molecule has 0 saturated heterocycles. The number of hydrogen-bond acceptors (Lipinski definition) is 6. The first-order valence-electron chi connectivity index (χ1n) is 8.93. The van der Waals surface area contributed by atoms with E-state index in [2.05, 4.69) is 21.6 Å². The van der Waals surface area contributed by atoms with E-state index in [4.69, 9.17) is 4.74 Å². The molecule has 1 aromatic heterocycles. The van der Waals surface area contributed by atoms with Crippen LogP contribution in [0, 0.1) is 17.2 Å². The standard InChI is InChI=1S/C19H23N5O2S/c1-4-24-17(13-5-9-15(26-3)10-6-13)22-23-18(24)27-11-16(25)21-19(2,12-20)14-7-8-14/h5-6,9-10,14H,4,7-8,11H2,1-3H3,(H,21,25). The van der Waals surface area contributed by atoms with E-state index in [9.17, 15) is 10.1 Å². The quantitative estimate of drug-likeness (QED) is 0.703. The molecule has 1 heterocycles. The lowest BCUT2D eigenvalue weighted by atomic mass is 9.98. The minimum atomic E-state index is -0.773. The Hall–Kier alpha value is -2.53. The van der Waals surface area contributed by atoms with Gasteiger partial charge in [0.1, 0.15) is 11.3 Å². The predicted octanol–water partition coefficient (Wildman–Crippen LogP) is 2.87. The highest BCUT2D eigenvalue weighted by Crippen LogP contribution is 2.39. The van der Waals surface area contributed by atoms with Gasteiger partial charge in [-0.15, -0.1) is 10.2 Å². The third-order valence-corrected chi connectivity index (χ3v) is 5.71. The summed E-state index contributed by atoms with van der Waals surface area (Å²) in [5, 5.41) is 21.5. The highest BCUT2D eigenvalue weighted by atomic mass is 32.2. The maximum absolute atomic E-state index is 12.3. The number of rotatable bonds is 8. The minimum absolute atomic E-state index is 0.160. The first kappa shape index (κ1) is 19.2. The van der Waals surface area contributed by atoms with Gasteiger partial charge in [0.15, 0.2) is 11.0 Å². The molecule has 27 heavy (non-hydrogen) atoms. The van der Waals surface area contributed by atoms with Crippen molar-refractivity contribution in [3.8, 4) is 23.2 Å². The second kappa shape index (κ2) is 8.01. The number of ether oxygens (including phenoxy) is 1. The van der Waals surface area contributed by atoms with Gasteiger partial charge in [0.2, 0.25) is 5.91 Å². The van der Waals surface area contributed by atoms with Crippen molar-refractivity contribution in [2.45, 2.75) is 43.9 Å². The third-order valence-electron chi connectivity index (χ3n) is 4.74. The topological polar surface area (TPSA) is 92.8 Å². The molecule has 1 atom stereocenters. The Morgan fingerprint density at radius 2 is 2.11 bits per heavy atom. The monoisotopic (exact) mass is 385 g/mol. The molecule has 142 valence electrons. The summed E-state index contributed by atoms with van der Waals surface area (Å²) in [5.41, 5.74) is 0.164. The second-order valence-electron chi connectivity index (χ2n) is 6.70. The fraction of sp³-hybridized carbons (Fsp3) is 0.474. The molecule has 7 nitrogen and oxygen atoms in total. The van der Waals surface area contributed by atoms with E-state index in [1.54, 1.807) is 14.0 Å². The van der Waals surface area contributed by atoms with Gasteiger partial charge in [-0.3, -0.25) is 4.79 Å². The predicted molar refractivity (Wildman–Crippen MR) is 103 cm³/mol. The number of aromatic nitrogens is 3. The number of hydrogen-bond donors (Lipinski definition) is 1. The van der Waals surface area contributed by atoms with E-state index >= 15 is 0 Å². The zero-order chi connectivity index (χ0) is 19.4. The van der Waals surface area contributed by atoms with Gasteiger partial charge in [0, 0.05) is 12.1 Å². The Morgan fingerprint density at radius 1 is 1.41 bits per heavy atom. The lowest BCUT2D eigenvalue weighted by Crippen LogP contribution is -2.47. The van der Waals surface area contributed by atoms with E-state index in [0.717, 1.165) is 30.0 Å². The number of benzene rings is 1. The second-order valence-corrected chi connectivity index (χ2v) is 7.65. The summed E-state index contributed by atoms with van der Waals surface area (Å²) in [6, 6.07) is 9.87. The average Bonchev–Trinajstić information content (AvgIpc) is 3.47. The number of nitriles is 1. The van der Waals surface area contributed by atoms with Crippen molar-refractivity contribution in [2.75, 3.05) is 12.9 Å². The number of carbonyl (C=O) groups excluding carboxylic acids is 1. The third kappa shape index (κ3) is 4.25.